The molecule has 1 aromatic carbocycles. The van der Waals surface area contributed by atoms with E-state index in [4.69, 9.17) is 10.5 Å². The molecule has 2 heterocycles. The number of nitrogens with two attached hydrogens (primary N) is 1. The van der Waals surface area contributed by atoms with E-state index in [0.29, 0.717) is 11.8 Å². The van der Waals surface area contributed by atoms with Gasteiger partial charge in [-0.2, -0.15) is 0 Å². The van der Waals surface area contributed by atoms with Gasteiger partial charge in [0.1, 0.15) is 5.75 Å². The molecule has 1 fully saturated rings. The molecule has 2 atom stereocenters. The Bertz CT molecular complexity index is 687. The molecule has 4 heteroatoms. The molecule has 0 saturated carbocycles. The van der Waals surface area contributed by atoms with Gasteiger partial charge in [0.15, 0.2) is 0 Å². The fourth-order valence-corrected chi connectivity index (χ4v) is 3.85. The van der Waals surface area contributed by atoms with Crippen LogP contribution in [0.4, 0.5) is 0 Å². The summed E-state index contributed by atoms with van der Waals surface area (Å²) < 4.78 is 5.54. The van der Waals surface area contributed by atoms with Crippen LogP contribution in [0.5, 0.6) is 5.75 Å². The molecule has 24 heavy (non-hydrogen) atoms. The van der Waals surface area contributed by atoms with Crippen LogP contribution in [0, 0.1) is 19.8 Å². The molecule has 1 saturated heterocycles. The van der Waals surface area contributed by atoms with Gasteiger partial charge in [-0.05, 0) is 31.9 Å². The predicted octanol–water partition coefficient (Wildman–Crippen LogP) is 2.88. The van der Waals surface area contributed by atoms with E-state index in [9.17, 15) is 0 Å². The molecule has 1 aromatic heterocycles. The molecule has 0 radical (unpaired) electrons. The van der Waals surface area contributed by atoms with E-state index in [1.54, 1.807) is 7.11 Å². The fourth-order valence-electron chi connectivity index (χ4n) is 3.85. The van der Waals surface area contributed by atoms with Crippen molar-refractivity contribution < 1.29 is 4.74 Å². The lowest BCUT2D eigenvalue weighted by atomic mass is 9.89. The summed E-state index contributed by atoms with van der Waals surface area (Å²) in [6, 6.07) is 10.7. The molecule has 0 bridgehead atoms. The van der Waals surface area contributed by atoms with Crippen molar-refractivity contribution in [3.63, 3.8) is 0 Å². The van der Waals surface area contributed by atoms with Crippen LogP contribution in [0.25, 0.3) is 0 Å². The normalized spacial score (nSPS) is 21.2. The van der Waals surface area contributed by atoms with Gasteiger partial charge < -0.3 is 10.5 Å². The third-order valence-electron chi connectivity index (χ3n) is 5.17. The van der Waals surface area contributed by atoms with Crippen LogP contribution >= 0.6 is 0 Å². The SMILES string of the molecule is COc1c(C)cnc(CN2C[C@@H](CN)[C@H](c3ccccc3)C2)c1C. The standard InChI is InChI=1S/C20H27N3O/c1-14-10-22-19(15(2)20(14)24-3)13-23-11-17(9-21)18(12-23)16-7-5-4-6-8-16/h4-8,10,17-18H,9,11-13,21H2,1-3H3/t17-,18+/m1/s1. The maximum Gasteiger partial charge on any atom is 0.128 e. The van der Waals surface area contributed by atoms with Crippen LogP contribution in [0.3, 0.4) is 0 Å². The Hall–Kier alpha value is -1.91. The number of ether oxygens (including phenoxy) is 1. The number of methoxy groups -OCH3 is 1. The summed E-state index contributed by atoms with van der Waals surface area (Å²) in [4.78, 5) is 7.12. The average molecular weight is 325 g/mol. The Morgan fingerprint density at radius 3 is 2.62 bits per heavy atom. The van der Waals surface area contributed by atoms with E-state index in [-0.39, 0.29) is 0 Å². The van der Waals surface area contributed by atoms with Crippen LogP contribution < -0.4 is 10.5 Å². The van der Waals surface area contributed by atoms with E-state index < -0.39 is 0 Å². The van der Waals surface area contributed by atoms with Crippen molar-refractivity contribution in [1.29, 1.82) is 0 Å². The summed E-state index contributed by atoms with van der Waals surface area (Å²) in [6.45, 7) is 7.76. The van der Waals surface area contributed by atoms with Crippen molar-refractivity contribution >= 4 is 0 Å². The van der Waals surface area contributed by atoms with E-state index in [1.165, 1.54) is 5.56 Å². The first-order valence-electron chi connectivity index (χ1n) is 8.60. The fraction of sp³-hybridized carbons (Fsp3) is 0.450. The number of likely N-dealkylation sites (tertiary alicyclic amines) is 1. The second kappa shape index (κ2) is 7.32. The lowest BCUT2D eigenvalue weighted by Gasteiger charge is -2.18. The lowest BCUT2D eigenvalue weighted by molar-refractivity contribution is 0.310. The van der Waals surface area contributed by atoms with Crippen molar-refractivity contribution in [3.8, 4) is 5.75 Å². The highest BCUT2D eigenvalue weighted by atomic mass is 16.5. The Kier molecular flexibility index (Phi) is 5.17. The lowest BCUT2D eigenvalue weighted by Crippen LogP contribution is -2.24. The molecule has 0 spiro atoms. The topological polar surface area (TPSA) is 51.4 Å². The van der Waals surface area contributed by atoms with Gasteiger partial charge in [-0.25, -0.2) is 0 Å². The summed E-state index contributed by atoms with van der Waals surface area (Å²) in [7, 11) is 1.73. The summed E-state index contributed by atoms with van der Waals surface area (Å²) in [5.74, 6) is 1.96. The van der Waals surface area contributed by atoms with Gasteiger partial charge in [-0.3, -0.25) is 9.88 Å². The van der Waals surface area contributed by atoms with Crippen LogP contribution in [-0.4, -0.2) is 36.6 Å². The van der Waals surface area contributed by atoms with Gasteiger partial charge in [-0.1, -0.05) is 30.3 Å². The molecule has 2 aromatic rings. The highest BCUT2D eigenvalue weighted by Gasteiger charge is 2.33. The third-order valence-corrected chi connectivity index (χ3v) is 5.17. The van der Waals surface area contributed by atoms with Gasteiger partial charge in [0.05, 0.1) is 12.8 Å². The van der Waals surface area contributed by atoms with Gasteiger partial charge in [-0.15, -0.1) is 0 Å². The number of aromatic nitrogens is 1. The van der Waals surface area contributed by atoms with Crippen LogP contribution in [0.1, 0.15) is 28.3 Å². The van der Waals surface area contributed by atoms with E-state index in [2.05, 4.69) is 47.1 Å². The number of aryl methyl sites for hydroxylation is 1. The molecule has 3 rings (SSSR count). The minimum atomic E-state index is 0.500. The molecular formula is C20H27N3O. The van der Waals surface area contributed by atoms with Crippen molar-refractivity contribution in [2.45, 2.75) is 26.3 Å². The van der Waals surface area contributed by atoms with E-state index in [1.807, 2.05) is 13.1 Å². The highest BCUT2D eigenvalue weighted by molar-refractivity contribution is 5.41. The van der Waals surface area contributed by atoms with Crippen LogP contribution in [0.2, 0.25) is 0 Å². The first kappa shape index (κ1) is 16.9. The second-order valence-electron chi connectivity index (χ2n) is 6.75. The monoisotopic (exact) mass is 325 g/mol. The van der Waals surface area contributed by atoms with Gasteiger partial charge >= 0.3 is 0 Å². The summed E-state index contributed by atoms with van der Waals surface area (Å²) >= 11 is 0. The number of rotatable bonds is 5. The Morgan fingerprint density at radius 2 is 1.96 bits per heavy atom. The Labute approximate surface area is 144 Å². The molecule has 0 aliphatic carbocycles. The van der Waals surface area contributed by atoms with Crippen molar-refractivity contribution in [2.75, 3.05) is 26.7 Å². The number of hydrogen-bond acceptors (Lipinski definition) is 4. The summed E-state index contributed by atoms with van der Waals surface area (Å²) in [5.41, 5.74) is 10.8. The molecule has 4 nitrogen and oxygen atoms in total. The number of nitrogens with zero attached hydrogens (tertiary/aromatic N) is 2. The first-order valence-corrected chi connectivity index (χ1v) is 8.60. The van der Waals surface area contributed by atoms with Gasteiger partial charge in [0, 0.05) is 42.9 Å². The zero-order valence-electron chi connectivity index (χ0n) is 14.8. The number of pyridine rings is 1. The Morgan fingerprint density at radius 1 is 1.21 bits per heavy atom. The second-order valence-corrected chi connectivity index (χ2v) is 6.75. The van der Waals surface area contributed by atoms with Gasteiger partial charge in [0.25, 0.3) is 0 Å². The van der Waals surface area contributed by atoms with Crippen LogP contribution in [-0.2, 0) is 6.54 Å². The largest absolute Gasteiger partial charge is 0.496 e. The third kappa shape index (κ3) is 3.30. The number of hydrogen-bond donors (Lipinski definition) is 1. The summed E-state index contributed by atoms with van der Waals surface area (Å²) in [6.07, 6.45) is 1.91. The molecular weight excluding hydrogens is 298 g/mol. The molecule has 1 aliphatic heterocycles. The van der Waals surface area contributed by atoms with E-state index in [0.717, 1.165) is 48.7 Å². The van der Waals surface area contributed by atoms with Gasteiger partial charge in [0.2, 0.25) is 0 Å². The molecule has 0 unspecified atom stereocenters. The maximum atomic E-state index is 6.05. The van der Waals surface area contributed by atoms with Crippen molar-refractivity contribution in [2.24, 2.45) is 11.7 Å². The highest BCUT2D eigenvalue weighted by Crippen LogP contribution is 2.33. The van der Waals surface area contributed by atoms with E-state index >= 15 is 0 Å². The zero-order valence-corrected chi connectivity index (χ0v) is 14.8. The molecule has 1 aliphatic rings. The smallest absolute Gasteiger partial charge is 0.128 e. The average Bonchev–Trinajstić information content (AvgIpc) is 3.02. The molecule has 128 valence electrons. The van der Waals surface area contributed by atoms with Crippen LogP contribution in [0.15, 0.2) is 36.5 Å². The maximum absolute atomic E-state index is 6.05. The minimum absolute atomic E-state index is 0.500. The van der Waals surface area contributed by atoms with Crippen molar-refractivity contribution in [3.05, 3.63) is 58.9 Å². The predicted molar refractivity (Wildman–Crippen MR) is 97.3 cm³/mol. The first-order chi connectivity index (χ1) is 11.6. The quantitative estimate of drug-likeness (QED) is 0.918. The summed E-state index contributed by atoms with van der Waals surface area (Å²) in [5, 5.41) is 0. The minimum Gasteiger partial charge on any atom is -0.496 e. The Balaban J connectivity index is 1.78. The number of benzene rings is 1. The molecule has 0 amide bonds. The molecule has 2 N–H and O–H groups in total. The zero-order chi connectivity index (χ0) is 17.1. The van der Waals surface area contributed by atoms with Crippen molar-refractivity contribution in [1.82, 2.24) is 9.88 Å².